The van der Waals surface area contributed by atoms with E-state index in [0.29, 0.717) is 36.8 Å². The van der Waals surface area contributed by atoms with Crippen LogP contribution in [0.15, 0.2) is 53.4 Å². The first-order valence-electron chi connectivity index (χ1n) is 9.27. The maximum atomic E-state index is 12.4. The molecule has 1 heterocycles. The van der Waals surface area contributed by atoms with Gasteiger partial charge in [-0.1, -0.05) is 24.3 Å². The highest BCUT2D eigenvalue weighted by Crippen LogP contribution is 2.32. The second-order valence-electron chi connectivity index (χ2n) is 6.54. The van der Waals surface area contributed by atoms with Crippen molar-refractivity contribution >= 4 is 35.0 Å². The first-order valence-corrected chi connectivity index (χ1v) is 10.1. The molecule has 2 aromatic carbocycles. The molecule has 1 saturated heterocycles. The van der Waals surface area contributed by atoms with Crippen LogP contribution in [0.2, 0.25) is 0 Å². The number of carbonyl (C=O) groups excluding carboxylic acids is 2. The number of benzene rings is 2. The molecule has 1 aliphatic rings. The van der Waals surface area contributed by atoms with Crippen molar-refractivity contribution in [3.8, 4) is 5.75 Å². The molecule has 8 heteroatoms. The van der Waals surface area contributed by atoms with Crippen LogP contribution in [0.5, 0.6) is 5.75 Å². The summed E-state index contributed by atoms with van der Waals surface area (Å²) in [7, 11) is 1.58. The average molecular weight is 427 g/mol. The highest BCUT2D eigenvalue weighted by Gasteiger charge is 2.34. The van der Waals surface area contributed by atoms with Crippen LogP contribution in [-0.4, -0.2) is 47.4 Å². The van der Waals surface area contributed by atoms with Gasteiger partial charge in [0.15, 0.2) is 0 Å². The van der Waals surface area contributed by atoms with Crippen molar-refractivity contribution in [1.82, 2.24) is 4.90 Å². The number of carboxylic acids is 1. The normalized spacial score (nSPS) is 15.1. The van der Waals surface area contributed by atoms with E-state index in [0.717, 1.165) is 22.9 Å². The highest BCUT2D eigenvalue weighted by molar-refractivity contribution is 8.18. The van der Waals surface area contributed by atoms with Gasteiger partial charge in [-0.2, -0.15) is 0 Å². The van der Waals surface area contributed by atoms with Crippen LogP contribution >= 0.6 is 11.8 Å². The van der Waals surface area contributed by atoms with Gasteiger partial charge in [0.1, 0.15) is 12.4 Å². The van der Waals surface area contributed by atoms with E-state index in [4.69, 9.17) is 14.6 Å². The number of amides is 2. The zero-order valence-corrected chi connectivity index (χ0v) is 17.2. The van der Waals surface area contributed by atoms with E-state index in [1.165, 1.54) is 17.0 Å². The van der Waals surface area contributed by atoms with Gasteiger partial charge < -0.3 is 14.6 Å². The Morgan fingerprint density at radius 2 is 1.80 bits per heavy atom. The first-order chi connectivity index (χ1) is 14.5. The molecule has 3 rings (SSSR count). The lowest BCUT2D eigenvalue weighted by molar-refractivity contribution is -0.122. The number of carboxylic acid groups (broad SMARTS) is 1. The quantitative estimate of drug-likeness (QED) is 0.477. The van der Waals surface area contributed by atoms with Gasteiger partial charge in [-0.25, -0.2) is 4.79 Å². The third-order valence-electron chi connectivity index (χ3n) is 4.39. The van der Waals surface area contributed by atoms with Crippen molar-refractivity contribution in [2.75, 3.05) is 20.3 Å². The van der Waals surface area contributed by atoms with Gasteiger partial charge in [-0.15, -0.1) is 0 Å². The minimum Gasteiger partial charge on any atom is -0.489 e. The molecule has 0 bridgehead atoms. The van der Waals surface area contributed by atoms with E-state index in [1.54, 1.807) is 37.5 Å². The Labute approximate surface area is 178 Å². The highest BCUT2D eigenvalue weighted by atomic mass is 32.2. The summed E-state index contributed by atoms with van der Waals surface area (Å²) in [5, 5.41) is 8.65. The lowest BCUT2D eigenvalue weighted by Gasteiger charge is -2.11. The Bertz CT molecular complexity index is 953. The second-order valence-corrected chi connectivity index (χ2v) is 7.53. The molecule has 1 aliphatic heterocycles. The molecule has 0 saturated carbocycles. The van der Waals surface area contributed by atoms with Gasteiger partial charge in [0.05, 0.1) is 10.5 Å². The van der Waals surface area contributed by atoms with Crippen LogP contribution in [0.3, 0.4) is 0 Å². The van der Waals surface area contributed by atoms with Crippen LogP contribution in [0.4, 0.5) is 4.79 Å². The lowest BCUT2D eigenvalue weighted by atomic mass is 10.1. The fourth-order valence-corrected chi connectivity index (χ4v) is 3.65. The van der Waals surface area contributed by atoms with E-state index in [2.05, 4.69) is 0 Å². The number of hydrogen-bond acceptors (Lipinski definition) is 6. The Balaban J connectivity index is 1.58. The Kier molecular flexibility index (Phi) is 7.26. The largest absolute Gasteiger partial charge is 0.489 e. The van der Waals surface area contributed by atoms with Gasteiger partial charge in [0, 0.05) is 20.3 Å². The molecule has 1 fully saturated rings. The van der Waals surface area contributed by atoms with Crippen LogP contribution in [0, 0.1) is 0 Å². The van der Waals surface area contributed by atoms with E-state index in [-0.39, 0.29) is 16.7 Å². The van der Waals surface area contributed by atoms with Crippen molar-refractivity contribution in [2.24, 2.45) is 0 Å². The Morgan fingerprint density at radius 1 is 1.10 bits per heavy atom. The van der Waals surface area contributed by atoms with Crippen LogP contribution < -0.4 is 4.74 Å². The lowest BCUT2D eigenvalue weighted by Crippen LogP contribution is -2.29. The number of rotatable bonds is 9. The number of ether oxygens (including phenoxy) is 2. The van der Waals surface area contributed by atoms with Gasteiger partial charge in [-0.3, -0.25) is 14.5 Å². The number of methoxy groups -OCH3 is 1. The summed E-state index contributed by atoms with van der Waals surface area (Å²) in [5.41, 5.74) is 1.87. The summed E-state index contributed by atoms with van der Waals surface area (Å²) in [6.07, 6.45) is 2.29. The van der Waals surface area contributed by atoms with Crippen molar-refractivity contribution in [3.05, 3.63) is 70.1 Å². The number of nitrogens with zero attached hydrogens (tertiary/aromatic N) is 1. The molecular weight excluding hydrogens is 406 g/mol. The van der Waals surface area contributed by atoms with Crippen molar-refractivity contribution < 1.29 is 29.0 Å². The summed E-state index contributed by atoms with van der Waals surface area (Å²) in [6.45, 7) is 1.14. The summed E-state index contributed by atoms with van der Waals surface area (Å²) in [6, 6.07) is 13.7. The number of carbonyl (C=O) groups is 3. The number of aromatic carboxylic acids is 1. The second kappa shape index (κ2) is 10.1. The summed E-state index contributed by atoms with van der Waals surface area (Å²) in [4.78, 5) is 37.0. The molecule has 0 aromatic heterocycles. The van der Waals surface area contributed by atoms with Crippen LogP contribution in [-0.2, 0) is 16.1 Å². The molecule has 7 nitrogen and oxygen atoms in total. The Morgan fingerprint density at radius 3 is 2.43 bits per heavy atom. The molecule has 0 unspecified atom stereocenters. The van der Waals surface area contributed by atoms with Crippen LogP contribution in [0.25, 0.3) is 6.08 Å². The molecule has 2 aromatic rings. The topological polar surface area (TPSA) is 93.1 Å². The number of imide groups is 1. The van der Waals surface area contributed by atoms with E-state index < -0.39 is 5.97 Å². The number of thioether (sulfide) groups is 1. The van der Waals surface area contributed by atoms with Gasteiger partial charge in [0.25, 0.3) is 11.1 Å². The molecule has 2 amide bonds. The molecule has 156 valence electrons. The Hall–Kier alpha value is -3.10. The maximum Gasteiger partial charge on any atom is 0.335 e. The van der Waals surface area contributed by atoms with Crippen molar-refractivity contribution in [3.63, 3.8) is 0 Å². The SMILES string of the molecule is COCCCN1C(=O)S/C(=C/c2ccc(OCc3ccc(C(=O)O)cc3)cc2)C1=O. The third kappa shape index (κ3) is 5.49. The average Bonchev–Trinajstić information content (AvgIpc) is 3.01. The predicted octanol–water partition coefficient (Wildman–Crippen LogP) is 4.04. The minimum absolute atomic E-state index is 0.228. The first kappa shape index (κ1) is 21.6. The molecule has 30 heavy (non-hydrogen) atoms. The van der Waals surface area contributed by atoms with Crippen molar-refractivity contribution in [1.29, 1.82) is 0 Å². The van der Waals surface area contributed by atoms with Crippen molar-refractivity contribution in [2.45, 2.75) is 13.0 Å². The molecule has 0 aliphatic carbocycles. The van der Waals surface area contributed by atoms with E-state index in [9.17, 15) is 14.4 Å². The smallest absolute Gasteiger partial charge is 0.335 e. The zero-order chi connectivity index (χ0) is 21.5. The van der Waals surface area contributed by atoms with Gasteiger partial charge in [0.2, 0.25) is 0 Å². The summed E-state index contributed by atoms with van der Waals surface area (Å²) < 4.78 is 10.7. The minimum atomic E-state index is -0.967. The third-order valence-corrected chi connectivity index (χ3v) is 5.30. The fourth-order valence-electron chi connectivity index (χ4n) is 2.78. The molecule has 0 spiro atoms. The van der Waals surface area contributed by atoms with Crippen LogP contribution in [0.1, 0.15) is 27.9 Å². The van der Waals surface area contributed by atoms with Gasteiger partial charge in [-0.05, 0) is 59.7 Å². The van der Waals surface area contributed by atoms with E-state index in [1.807, 2.05) is 12.1 Å². The predicted molar refractivity (Wildman–Crippen MR) is 113 cm³/mol. The monoisotopic (exact) mass is 427 g/mol. The van der Waals surface area contributed by atoms with Gasteiger partial charge >= 0.3 is 5.97 Å². The summed E-state index contributed by atoms with van der Waals surface area (Å²) >= 11 is 0.934. The number of hydrogen-bond donors (Lipinski definition) is 1. The molecule has 0 atom stereocenters. The van der Waals surface area contributed by atoms with E-state index >= 15 is 0 Å². The standard InChI is InChI=1S/C22H21NO6S/c1-28-12-2-11-23-20(24)19(30-22(23)27)13-15-5-9-18(10-6-15)29-14-16-3-7-17(8-4-16)21(25)26/h3-10,13H,2,11-12,14H2,1H3,(H,25,26)/b19-13+. The molecular formula is C22H21NO6S. The maximum absolute atomic E-state index is 12.4. The molecule has 0 radical (unpaired) electrons. The fraction of sp³-hybridized carbons (Fsp3) is 0.227. The molecule has 1 N–H and O–H groups in total. The summed E-state index contributed by atoms with van der Waals surface area (Å²) in [5.74, 6) is -0.612. The zero-order valence-electron chi connectivity index (χ0n) is 16.4.